The molecule has 0 saturated carbocycles. The van der Waals surface area contributed by atoms with E-state index in [1.807, 2.05) is 0 Å². The van der Waals surface area contributed by atoms with Gasteiger partial charge >= 0.3 is 0 Å². The zero-order valence-corrected chi connectivity index (χ0v) is 17.8. The Hall–Kier alpha value is -2.89. The van der Waals surface area contributed by atoms with Crippen LogP contribution in [0.4, 0.5) is 20.2 Å². The molecule has 170 valence electrons. The molecule has 2 heterocycles. The number of anilines is 2. The first-order valence-corrected chi connectivity index (χ1v) is 11.4. The van der Waals surface area contributed by atoms with Crippen molar-refractivity contribution in [3.63, 3.8) is 0 Å². The van der Waals surface area contributed by atoms with Crippen LogP contribution < -0.4 is 10.2 Å². The summed E-state index contributed by atoms with van der Waals surface area (Å²) in [6.07, 6.45) is -0.125. The summed E-state index contributed by atoms with van der Waals surface area (Å²) in [5, 5.41) is 2.55. The molecule has 0 aromatic heterocycles. The highest BCUT2D eigenvalue weighted by Gasteiger charge is 2.36. The standard InChI is InChI=1S/C21H21F2N3O5S/c22-16-3-1-2-4-18(16)26-13-14(11-20(26)27)21(28)24-15-5-6-17(23)19(12-15)32(29,30)25-7-9-31-10-8-25/h1-6,12,14H,7-11,13H2,(H,24,28)/t14-/m1/s1. The largest absolute Gasteiger partial charge is 0.379 e. The summed E-state index contributed by atoms with van der Waals surface area (Å²) in [6, 6.07) is 9.05. The fourth-order valence-electron chi connectivity index (χ4n) is 3.74. The van der Waals surface area contributed by atoms with Crippen molar-refractivity contribution in [2.45, 2.75) is 11.3 Å². The second-order valence-electron chi connectivity index (χ2n) is 7.51. The molecule has 1 N–H and O–H groups in total. The number of rotatable bonds is 5. The van der Waals surface area contributed by atoms with Gasteiger partial charge < -0.3 is 15.0 Å². The Morgan fingerprint density at radius 1 is 1.06 bits per heavy atom. The SMILES string of the molecule is O=C(Nc1ccc(F)c(S(=O)(=O)N2CCOCC2)c1)[C@@H]1CC(=O)N(c2ccccc2F)C1. The van der Waals surface area contributed by atoms with Crippen LogP contribution in [0.15, 0.2) is 47.4 Å². The van der Waals surface area contributed by atoms with Gasteiger partial charge in [-0.1, -0.05) is 12.1 Å². The van der Waals surface area contributed by atoms with Crippen LogP contribution in [0.25, 0.3) is 0 Å². The summed E-state index contributed by atoms with van der Waals surface area (Å²) in [6.45, 7) is 0.617. The predicted molar refractivity (Wildman–Crippen MR) is 111 cm³/mol. The summed E-state index contributed by atoms with van der Waals surface area (Å²) < 4.78 is 60.3. The third-order valence-corrected chi connectivity index (χ3v) is 7.34. The zero-order valence-electron chi connectivity index (χ0n) is 17.0. The van der Waals surface area contributed by atoms with E-state index in [2.05, 4.69) is 5.32 Å². The number of sulfonamides is 1. The molecule has 2 amide bonds. The minimum atomic E-state index is -4.11. The highest BCUT2D eigenvalue weighted by atomic mass is 32.2. The third kappa shape index (κ3) is 4.36. The normalized spacial score (nSPS) is 19.9. The molecule has 0 spiro atoms. The van der Waals surface area contributed by atoms with Gasteiger partial charge in [0.1, 0.15) is 16.5 Å². The molecule has 2 aromatic rings. The van der Waals surface area contributed by atoms with Crippen LogP contribution in [-0.2, 0) is 24.3 Å². The molecule has 2 fully saturated rings. The lowest BCUT2D eigenvalue weighted by Crippen LogP contribution is -2.41. The second kappa shape index (κ2) is 8.93. The number of para-hydroxylation sites is 1. The van der Waals surface area contributed by atoms with E-state index in [1.165, 1.54) is 29.2 Å². The van der Waals surface area contributed by atoms with Crippen molar-refractivity contribution >= 4 is 33.2 Å². The molecule has 0 radical (unpaired) electrons. The quantitative estimate of drug-likeness (QED) is 0.729. The Labute approximate surface area is 183 Å². The molecule has 0 aliphatic carbocycles. The van der Waals surface area contributed by atoms with Gasteiger partial charge in [-0.2, -0.15) is 4.31 Å². The zero-order chi connectivity index (χ0) is 22.9. The number of carbonyl (C=O) groups excluding carboxylic acids is 2. The highest BCUT2D eigenvalue weighted by molar-refractivity contribution is 7.89. The van der Waals surface area contributed by atoms with Gasteiger partial charge in [0.15, 0.2) is 0 Å². The summed E-state index contributed by atoms with van der Waals surface area (Å²) in [5.41, 5.74) is 0.175. The van der Waals surface area contributed by atoms with Gasteiger partial charge in [0.2, 0.25) is 21.8 Å². The van der Waals surface area contributed by atoms with Crippen LogP contribution in [0.2, 0.25) is 0 Å². The number of ether oxygens (including phenoxy) is 1. The van der Waals surface area contributed by atoms with Crippen molar-refractivity contribution in [2.24, 2.45) is 5.92 Å². The molecule has 0 unspecified atom stereocenters. The summed E-state index contributed by atoms with van der Waals surface area (Å²) in [4.78, 5) is 25.7. The summed E-state index contributed by atoms with van der Waals surface area (Å²) in [5.74, 6) is -3.22. The van der Waals surface area contributed by atoms with Crippen molar-refractivity contribution in [1.29, 1.82) is 0 Å². The van der Waals surface area contributed by atoms with E-state index in [4.69, 9.17) is 4.74 Å². The van der Waals surface area contributed by atoms with Gasteiger partial charge in [0.25, 0.3) is 0 Å². The molecule has 11 heteroatoms. The van der Waals surface area contributed by atoms with E-state index < -0.39 is 44.3 Å². The number of amides is 2. The van der Waals surface area contributed by atoms with Crippen molar-refractivity contribution in [2.75, 3.05) is 43.1 Å². The molecule has 2 aromatic carbocycles. The van der Waals surface area contributed by atoms with E-state index >= 15 is 0 Å². The Morgan fingerprint density at radius 3 is 2.50 bits per heavy atom. The second-order valence-corrected chi connectivity index (χ2v) is 9.41. The molecular weight excluding hydrogens is 444 g/mol. The minimum Gasteiger partial charge on any atom is -0.379 e. The summed E-state index contributed by atoms with van der Waals surface area (Å²) in [7, 11) is -4.11. The van der Waals surface area contributed by atoms with E-state index in [-0.39, 0.29) is 50.6 Å². The van der Waals surface area contributed by atoms with E-state index in [0.717, 1.165) is 16.4 Å². The van der Waals surface area contributed by atoms with Crippen molar-refractivity contribution in [1.82, 2.24) is 4.31 Å². The van der Waals surface area contributed by atoms with Crippen LogP contribution in [0.1, 0.15) is 6.42 Å². The first-order valence-electron chi connectivity index (χ1n) is 10.0. The van der Waals surface area contributed by atoms with Gasteiger partial charge in [0.05, 0.1) is 24.8 Å². The lowest BCUT2D eigenvalue weighted by molar-refractivity contribution is -0.122. The predicted octanol–water partition coefficient (Wildman–Crippen LogP) is 1.98. The Kier molecular flexibility index (Phi) is 6.22. The van der Waals surface area contributed by atoms with Crippen molar-refractivity contribution in [3.05, 3.63) is 54.1 Å². The smallest absolute Gasteiger partial charge is 0.246 e. The number of hydrogen-bond acceptors (Lipinski definition) is 5. The molecule has 2 aliphatic heterocycles. The number of benzene rings is 2. The molecular formula is C21H21F2N3O5S. The fraction of sp³-hybridized carbons (Fsp3) is 0.333. The van der Waals surface area contributed by atoms with Crippen LogP contribution in [0.3, 0.4) is 0 Å². The topological polar surface area (TPSA) is 96.0 Å². The molecule has 0 bridgehead atoms. The van der Waals surface area contributed by atoms with E-state index in [9.17, 15) is 26.8 Å². The van der Waals surface area contributed by atoms with Gasteiger partial charge in [-0.05, 0) is 30.3 Å². The molecule has 2 aliphatic rings. The average molecular weight is 465 g/mol. The van der Waals surface area contributed by atoms with Crippen molar-refractivity contribution < 1.29 is 31.5 Å². The van der Waals surface area contributed by atoms with Gasteiger partial charge in [0, 0.05) is 31.7 Å². The number of halogens is 2. The lowest BCUT2D eigenvalue weighted by atomic mass is 10.1. The first kappa shape index (κ1) is 22.3. The number of carbonyl (C=O) groups is 2. The van der Waals surface area contributed by atoms with Crippen LogP contribution in [0.5, 0.6) is 0 Å². The average Bonchev–Trinajstić information content (AvgIpc) is 3.17. The molecule has 32 heavy (non-hydrogen) atoms. The Morgan fingerprint density at radius 2 is 1.78 bits per heavy atom. The molecule has 1 atom stereocenters. The monoisotopic (exact) mass is 465 g/mol. The van der Waals surface area contributed by atoms with Crippen LogP contribution in [-0.4, -0.2) is 57.4 Å². The first-order chi connectivity index (χ1) is 15.3. The molecule has 4 rings (SSSR count). The minimum absolute atomic E-state index is 0.0221. The van der Waals surface area contributed by atoms with Crippen LogP contribution in [0, 0.1) is 17.6 Å². The van der Waals surface area contributed by atoms with Gasteiger partial charge in [-0.25, -0.2) is 17.2 Å². The number of nitrogens with zero attached hydrogens (tertiary/aromatic N) is 2. The van der Waals surface area contributed by atoms with E-state index in [0.29, 0.717) is 0 Å². The number of morpholine rings is 1. The Bertz CT molecular complexity index is 1150. The maximum Gasteiger partial charge on any atom is 0.246 e. The fourth-order valence-corrected chi connectivity index (χ4v) is 5.23. The van der Waals surface area contributed by atoms with Crippen LogP contribution >= 0.6 is 0 Å². The highest BCUT2D eigenvalue weighted by Crippen LogP contribution is 2.29. The summed E-state index contributed by atoms with van der Waals surface area (Å²) >= 11 is 0. The van der Waals surface area contributed by atoms with Crippen molar-refractivity contribution in [3.8, 4) is 0 Å². The molecule has 2 saturated heterocycles. The maximum atomic E-state index is 14.3. The Balaban J connectivity index is 1.50. The number of nitrogens with one attached hydrogen (secondary N) is 1. The number of hydrogen-bond donors (Lipinski definition) is 1. The lowest BCUT2D eigenvalue weighted by Gasteiger charge is -2.26. The maximum absolute atomic E-state index is 14.3. The van der Waals surface area contributed by atoms with Gasteiger partial charge in [-0.3, -0.25) is 9.59 Å². The van der Waals surface area contributed by atoms with Gasteiger partial charge in [-0.15, -0.1) is 0 Å². The third-order valence-electron chi connectivity index (χ3n) is 5.43. The molecule has 8 nitrogen and oxygen atoms in total. The van der Waals surface area contributed by atoms with E-state index in [1.54, 1.807) is 6.07 Å².